The van der Waals surface area contributed by atoms with Gasteiger partial charge in [-0.1, -0.05) is 42.5 Å². The number of amides is 1. The number of nitrogens with zero attached hydrogens (tertiary/aromatic N) is 2. The number of hydrogen-bond donors (Lipinski definition) is 1. The van der Waals surface area contributed by atoms with Crippen molar-refractivity contribution in [3.63, 3.8) is 0 Å². The van der Waals surface area contributed by atoms with Crippen LogP contribution in [0.2, 0.25) is 0 Å². The van der Waals surface area contributed by atoms with Gasteiger partial charge in [-0.15, -0.1) is 0 Å². The van der Waals surface area contributed by atoms with E-state index in [1.54, 1.807) is 0 Å². The number of anilines is 1. The van der Waals surface area contributed by atoms with E-state index in [0.717, 1.165) is 49.6 Å². The van der Waals surface area contributed by atoms with Crippen molar-refractivity contribution in [1.82, 2.24) is 9.80 Å². The smallest absolute Gasteiger partial charge is 0.256 e. The van der Waals surface area contributed by atoms with Crippen LogP contribution in [0.1, 0.15) is 46.8 Å². The second kappa shape index (κ2) is 8.39. The van der Waals surface area contributed by atoms with Gasteiger partial charge in [0.05, 0.1) is 23.9 Å². The standard InChI is InChI=1S/C26H31N3O2/c1-3-31-23-13-5-4-8-21(23)24-19-10-6-9-18(19)20-11-7-12-22(25(20)27-24)26(30)29-16-14-28(2)15-17-29/h4-9,11-13,18-19,24,27H,3,10,14-17H2,1-2H3. The number of nitrogens with one attached hydrogen (secondary N) is 1. The van der Waals surface area contributed by atoms with Crippen molar-refractivity contribution in [1.29, 1.82) is 0 Å². The van der Waals surface area contributed by atoms with Crippen LogP contribution in [0.15, 0.2) is 54.6 Å². The molecule has 0 saturated carbocycles. The third-order valence-electron chi connectivity index (χ3n) is 6.97. The Hall–Kier alpha value is -2.79. The van der Waals surface area contributed by atoms with Crippen molar-refractivity contribution in [3.05, 3.63) is 71.3 Å². The predicted octanol–water partition coefficient (Wildman–Crippen LogP) is 4.30. The fourth-order valence-electron chi connectivity index (χ4n) is 5.31. The Morgan fingerprint density at radius 1 is 1.06 bits per heavy atom. The van der Waals surface area contributed by atoms with Crippen LogP contribution >= 0.6 is 0 Å². The molecular weight excluding hydrogens is 386 g/mol. The number of ether oxygens (including phenoxy) is 1. The number of hydrogen-bond acceptors (Lipinski definition) is 4. The zero-order valence-electron chi connectivity index (χ0n) is 18.4. The summed E-state index contributed by atoms with van der Waals surface area (Å²) in [6.45, 7) is 6.06. The van der Waals surface area contributed by atoms with E-state index in [9.17, 15) is 4.79 Å². The summed E-state index contributed by atoms with van der Waals surface area (Å²) in [5.41, 5.74) is 4.20. The lowest BCUT2D eigenvalue weighted by molar-refractivity contribution is 0.0664. The Labute approximate surface area is 184 Å². The zero-order chi connectivity index (χ0) is 21.4. The first-order chi connectivity index (χ1) is 15.2. The van der Waals surface area contributed by atoms with Crippen LogP contribution in [0.25, 0.3) is 0 Å². The lowest BCUT2D eigenvalue weighted by Gasteiger charge is -2.39. The number of carbonyl (C=O) groups excluding carboxylic acids is 1. The number of piperazine rings is 1. The van der Waals surface area contributed by atoms with E-state index in [-0.39, 0.29) is 11.9 Å². The van der Waals surface area contributed by atoms with Gasteiger partial charge in [0, 0.05) is 37.7 Å². The second-order valence-electron chi connectivity index (χ2n) is 8.81. The largest absolute Gasteiger partial charge is 0.494 e. The van der Waals surface area contributed by atoms with E-state index in [1.807, 2.05) is 30.0 Å². The van der Waals surface area contributed by atoms with Gasteiger partial charge in [-0.25, -0.2) is 0 Å². The molecule has 2 aromatic rings. The summed E-state index contributed by atoms with van der Waals surface area (Å²) in [7, 11) is 2.11. The molecule has 3 atom stereocenters. The van der Waals surface area contributed by atoms with Gasteiger partial charge in [-0.3, -0.25) is 4.79 Å². The minimum absolute atomic E-state index is 0.108. The molecule has 0 spiro atoms. The van der Waals surface area contributed by atoms with E-state index < -0.39 is 0 Å². The number of allylic oxidation sites excluding steroid dienone is 2. The van der Waals surface area contributed by atoms with Crippen molar-refractivity contribution in [2.24, 2.45) is 5.92 Å². The number of fused-ring (bicyclic) bond motifs is 3. The summed E-state index contributed by atoms with van der Waals surface area (Å²) in [6.07, 6.45) is 5.64. The van der Waals surface area contributed by atoms with Gasteiger partial charge in [0.1, 0.15) is 5.75 Å². The summed E-state index contributed by atoms with van der Waals surface area (Å²) in [5.74, 6) is 1.80. The van der Waals surface area contributed by atoms with Crippen molar-refractivity contribution in [2.45, 2.75) is 25.3 Å². The summed E-state index contributed by atoms with van der Waals surface area (Å²) < 4.78 is 5.97. The second-order valence-corrected chi connectivity index (χ2v) is 8.81. The molecule has 3 aliphatic rings. The molecule has 1 fully saturated rings. The van der Waals surface area contributed by atoms with E-state index in [0.29, 0.717) is 18.4 Å². The predicted molar refractivity (Wildman–Crippen MR) is 124 cm³/mol. The number of carbonyl (C=O) groups is 1. The van der Waals surface area contributed by atoms with Gasteiger partial charge in [-0.05, 0) is 44.0 Å². The first-order valence-electron chi connectivity index (χ1n) is 11.4. The van der Waals surface area contributed by atoms with E-state index in [2.05, 4.69) is 53.7 Å². The Morgan fingerprint density at radius 2 is 1.84 bits per heavy atom. The third kappa shape index (κ3) is 3.61. The molecule has 1 N–H and O–H groups in total. The van der Waals surface area contributed by atoms with Crippen LogP contribution in [-0.4, -0.2) is 55.5 Å². The Bertz CT molecular complexity index is 994. The summed E-state index contributed by atoms with van der Waals surface area (Å²) in [6, 6.07) is 14.6. The Morgan fingerprint density at radius 3 is 2.65 bits per heavy atom. The molecule has 5 heteroatoms. The Kier molecular flexibility index (Phi) is 5.45. The quantitative estimate of drug-likeness (QED) is 0.754. The lowest BCUT2D eigenvalue weighted by Crippen LogP contribution is -2.47. The normalized spacial score (nSPS) is 25.0. The molecule has 2 heterocycles. The van der Waals surface area contributed by atoms with Crippen molar-refractivity contribution in [2.75, 3.05) is 45.2 Å². The average Bonchev–Trinajstić information content (AvgIpc) is 3.29. The van der Waals surface area contributed by atoms with Gasteiger partial charge in [0.25, 0.3) is 5.91 Å². The molecule has 162 valence electrons. The first kappa shape index (κ1) is 20.1. The van der Waals surface area contributed by atoms with Gasteiger partial charge in [0.2, 0.25) is 0 Å². The molecule has 5 nitrogen and oxygen atoms in total. The van der Waals surface area contributed by atoms with Crippen LogP contribution in [0.4, 0.5) is 5.69 Å². The lowest BCUT2D eigenvalue weighted by atomic mass is 9.76. The average molecular weight is 418 g/mol. The van der Waals surface area contributed by atoms with E-state index in [4.69, 9.17) is 4.74 Å². The van der Waals surface area contributed by atoms with Gasteiger partial charge < -0.3 is 19.9 Å². The topological polar surface area (TPSA) is 44.8 Å². The molecule has 1 amide bonds. The maximum Gasteiger partial charge on any atom is 0.256 e. The molecule has 0 radical (unpaired) electrons. The molecule has 0 bridgehead atoms. The van der Waals surface area contributed by atoms with Crippen LogP contribution in [-0.2, 0) is 0 Å². The molecule has 31 heavy (non-hydrogen) atoms. The SMILES string of the molecule is CCOc1ccccc1C1Nc2c(C(=O)N3CCN(C)CC3)cccc2C2C=CCC21. The number of para-hydroxylation sites is 2. The summed E-state index contributed by atoms with van der Waals surface area (Å²) in [4.78, 5) is 17.8. The summed E-state index contributed by atoms with van der Waals surface area (Å²) >= 11 is 0. The van der Waals surface area contributed by atoms with E-state index in [1.165, 1.54) is 11.1 Å². The molecule has 1 saturated heterocycles. The van der Waals surface area contributed by atoms with Crippen LogP contribution in [0.5, 0.6) is 5.75 Å². The van der Waals surface area contributed by atoms with Crippen molar-refractivity contribution < 1.29 is 9.53 Å². The zero-order valence-corrected chi connectivity index (χ0v) is 18.4. The highest BCUT2D eigenvalue weighted by molar-refractivity contribution is 6.01. The molecular formula is C26H31N3O2. The Balaban J connectivity index is 1.53. The van der Waals surface area contributed by atoms with Gasteiger partial charge in [-0.2, -0.15) is 0 Å². The maximum absolute atomic E-state index is 13.5. The minimum Gasteiger partial charge on any atom is -0.494 e. The molecule has 0 aromatic heterocycles. The molecule has 5 rings (SSSR count). The molecule has 3 unspecified atom stereocenters. The minimum atomic E-state index is 0.108. The molecule has 2 aromatic carbocycles. The number of rotatable bonds is 4. The molecule has 1 aliphatic carbocycles. The van der Waals surface area contributed by atoms with Crippen molar-refractivity contribution in [3.8, 4) is 5.75 Å². The van der Waals surface area contributed by atoms with Gasteiger partial charge >= 0.3 is 0 Å². The van der Waals surface area contributed by atoms with Gasteiger partial charge in [0.15, 0.2) is 0 Å². The number of likely N-dealkylation sites (N-methyl/N-ethyl adjacent to an activating group) is 1. The first-order valence-corrected chi connectivity index (χ1v) is 11.4. The van der Waals surface area contributed by atoms with Crippen LogP contribution in [0.3, 0.4) is 0 Å². The van der Waals surface area contributed by atoms with Crippen molar-refractivity contribution >= 4 is 11.6 Å². The maximum atomic E-state index is 13.5. The van der Waals surface area contributed by atoms with Crippen LogP contribution < -0.4 is 10.1 Å². The third-order valence-corrected chi connectivity index (χ3v) is 6.97. The number of benzene rings is 2. The highest BCUT2D eigenvalue weighted by Crippen LogP contribution is 2.52. The van der Waals surface area contributed by atoms with Crippen LogP contribution in [0, 0.1) is 5.92 Å². The summed E-state index contributed by atoms with van der Waals surface area (Å²) in [5, 5.41) is 3.80. The molecule has 2 aliphatic heterocycles. The highest BCUT2D eigenvalue weighted by atomic mass is 16.5. The fourth-order valence-corrected chi connectivity index (χ4v) is 5.31. The fraction of sp³-hybridized carbons (Fsp3) is 0.423. The van der Waals surface area contributed by atoms with E-state index >= 15 is 0 Å². The highest BCUT2D eigenvalue weighted by Gasteiger charge is 2.40. The monoisotopic (exact) mass is 417 g/mol.